The molecule has 0 unspecified atom stereocenters. The van der Waals surface area contributed by atoms with Gasteiger partial charge in [0.15, 0.2) is 0 Å². The third-order valence-corrected chi connectivity index (χ3v) is 2.18. The number of hydrogen-bond acceptors (Lipinski definition) is 1. The van der Waals surface area contributed by atoms with E-state index in [2.05, 4.69) is 27.0 Å². The van der Waals surface area contributed by atoms with Crippen LogP contribution in [-0.2, 0) is 0 Å². The predicted octanol–water partition coefficient (Wildman–Crippen LogP) is 3.41. The fourth-order valence-corrected chi connectivity index (χ4v) is 1.25. The van der Waals surface area contributed by atoms with Crippen LogP contribution in [0.4, 0.5) is 4.39 Å². The fourth-order valence-electron chi connectivity index (χ4n) is 1.02. The van der Waals surface area contributed by atoms with Crippen LogP contribution in [0.2, 0.25) is 0 Å². The van der Waals surface area contributed by atoms with Crippen molar-refractivity contribution in [1.29, 1.82) is 0 Å². The molecule has 3 heteroatoms. The Morgan fingerprint density at radius 3 is 3.00 bits per heavy atom. The first-order valence-corrected chi connectivity index (χ1v) is 5.20. The smallest absolute Gasteiger partial charge is 0.142 e. The average molecular weight is 244 g/mol. The quantitative estimate of drug-likeness (QED) is 0.742. The molecule has 0 aliphatic carbocycles. The van der Waals surface area contributed by atoms with Crippen LogP contribution in [0.1, 0.15) is 18.9 Å². The molecule has 0 aromatic carbocycles. The topological polar surface area (TPSA) is 12.9 Å². The Morgan fingerprint density at radius 2 is 2.38 bits per heavy atom. The fraction of sp³-hybridized carbons (Fsp3) is 0.300. The van der Waals surface area contributed by atoms with E-state index in [0.29, 0.717) is 0 Å². The Labute approximate surface area is 85.8 Å². The first kappa shape index (κ1) is 10.4. The van der Waals surface area contributed by atoms with Gasteiger partial charge in [-0.05, 0) is 30.5 Å². The van der Waals surface area contributed by atoms with E-state index in [0.717, 1.165) is 22.9 Å². The largest absolute Gasteiger partial charge is 0.261 e. The summed E-state index contributed by atoms with van der Waals surface area (Å²) in [4.78, 5) is 3.79. The molecular weight excluding hydrogens is 233 g/mol. The first-order valence-electron chi connectivity index (χ1n) is 4.07. The minimum atomic E-state index is -0.288. The Kier molecular flexibility index (Phi) is 4.09. The zero-order valence-corrected chi connectivity index (χ0v) is 9.01. The van der Waals surface area contributed by atoms with Crippen LogP contribution in [0.15, 0.2) is 24.5 Å². The normalized spacial score (nSPS) is 11.8. The van der Waals surface area contributed by atoms with Crippen LogP contribution < -0.4 is 0 Å². The van der Waals surface area contributed by atoms with E-state index < -0.39 is 0 Å². The number of aromatic nitrogens is 1. The minimum absolute atomic E-state index is 0.288. The van der Waals surface area contributed by atoms with E-state index >= 15 is 0 Å². The summed E-state index contributed by atoms with van der Waals surface area (Å²) in [5.41, 5.74) is 1.91. The van der Waals surface area contributed by atoms with Crippen molar-refractivity contribution in [3.8, 4) is 0 Å². The summed E-state index contributed by atoms with van der Waals surface area (Å²) >= 11 is 3.33. The summed E-state index contributed by atoms with van der Waals surface area (Å²) in [6.45, 7) is 1.96. The van der Waals surface area contributed by atoms with Gasteiger partial charge in [-0.25, -0.2) is 4.39 Å². The maximum Gasteiger partial charge on any atom is 0.142 e. The number of rotatable bonds is 3. The number of halogens is 2. The molecule has 0 saturated heterocycles. The van der Waals surface area contributed by atoms with Gasteiger partial charge < -0.3 is 0 Å². The summed E-state index contributed by atoms with van der Waals surface area (Å²) in [5.74, 6) is -0.288. The SMILES string of the molecule is CC(=CCCBr)c1cncc(F)c1. The lowest BCUT2D eigenvalue weighted by Gasteiger charge is -1.99. The summed E-state index contributed by atoms with van der Waals surface area (Å²) in [7, 11) is 0. The highest BCUT2D eigenvalue weighted by Gasteiger charge is 1.97. The van der Waals surface area contributed by atoms with Crippen LogP contribution in [0.3, 0.4) is 0 Å². The van der Waals surface area contributed by atoms with E-state index in [1.165, 1.54) is 12.3 Å². The molecule has 13 heavy (non-hydrogen) atoms. The van der Waals surface area contributed by atoms with Crippen LogP contribution in [0.5, 0.6) is 0 Å². The molecule has 0 aliphatic rings. The van der Waals surface area contributed by atoms with Gasteiger partial charge in [-0.1, -0.05) is 22.0 Å². The lowest BCUT2D eigenvalue weighted by molar-refractivity contribution is 0.621. The minimum Gasteiger partial charge on any atom is -0.261 e. The molecular formula is C10H11BrFN. The Morgan fingerprint density at radius 1 is 1.62 bits per heavy atom. The zero-order valence-electron chi connectivity index (χ0n) is 7.43. The monoisotopic (exact) mass is 243 g/mol. The molecule has 0 radical (unpaired) electrons. The molecule has 1 aromatic heterocycles. The van der Waals surface area contributed by atoms with Crippen molar-refractivity contribution in [2.24, 2.45) is 0 Å². The molecule has 1 nitrogen and oxygen atoms in total. The third kappa shape index (κ3) is 3.27. The van der Waals surface area contributed by atoms with E-state index in [1.807, 2.05) is 6.92 Å². The van der Waals surface area contributed by atoms with Gasteiger partial charge in [-0.2, -0.15) is 0 Å². The van der Waals surface area contributed by atoms with Gasteiger partial charge in [0.05, 0.1) is 6.20 Å². The van der Waals surface area contributed by atoms with Gasteiger partial charge in [-0.15, -0.1) is 0 Å². The summed E-state index contributed by atoms with van der Waals surface area (Å²) in [6, 6.07) is 1.49. The third-order valence-electron chi connectivity index (χ3n) is 1.72. The lowest BCUT2D eigenvalue weighted by Crippen LogP contribution is -1.85. The van der Waals surface area contributed by atoms with Gasteiger partial charge >= 0.3 is 0 Å². The summed E-state index contributed by atoms with van der Waals surface area (Å²) < 4.78 is 12.8. The van der Waals surface area contributed by atoms with E-state index in [9.17, 15) is 4.39 Å². The molecule has 0 spiro atoms. The summed E-state index contributed by atoms with van der Waals surface area (Å²) in [5, 5.41) is 0.924. The van der Waals surface area contributed by atoms with Crippen molar-refractivity contribution >= 4 is 21.5 Å². The van der Waals surface area contributed by atoms with Gasteiger partial charge in [0.25, 0.3) is 0 Å². The molecule has 1 aromatic rings. The van der Waals surface area contributed by atoms with Crippen molar-refractivity contribution in [1.82, 2.24) is 4.98 Å². The summed E-state index contributed by atoms with van der Waals surface area (Å²) in [6.07, 6.45) is 5.89. The predicted molar refractivity (Wildman–Crippen MR) is 56.3 cm³/mol. The second-order valence-corrected chi connectivity index (χ2v) is 3.55. The molecule has 1 rings (SSSR count). The number of alkyl halides is 1. The van der Waals surface area contributed by atoms with E-state index in [4.69, 9.17) is 0 Å². The lowest BCUT2D eigenvalue weighted by atomic mass is 10.1. The molecule has 1 heterocycles. The molecule has 0 amide bonds. The highest BCUT2D eigenvalue weighted by molar-refractivity contribution is 9.09. The van der Waals surface area contributed by atoms with Crippen molar-refractivity contribution in [2.75, 3.05) is 5.33 Å². The number of hydrogen-bond donors (Lipinski definition) is 0. The first-order chi connectivity index (χ1) is 6.24. The van der Waals surface area contributed by atoms with Gasteiger partial charge in [-0.3, -0.25) is 4.98 Å². The van der Waals surface area contributed by atoms with E-state index in [-0.39, 0.29) is 5.82 Å². The van der Waals surface area contributed by atoms with Crippen molar-refractivity contribution in [2.45, 2.75) is 13.3 Å². The molecule has 70 valence electrons. The van der Waals surface area contributed by atoms with Crippen molar-refractivity contribution < 1.29 is 4.39 Å². The van der Waals surface area contributed by atoms with Gasteiger partial charge in [0.2, 0.25) is 0 Å². The Bertz CT molecular complexity index is 310. The highest BCUT2D eigenvalue weighted by Crippen LogP contribution is 2.14. The number of allylic oxidation sites excluding steroid dienone is 2. The van der Waals surface area contributed by atoms with Crippen molar-refractivity contribution in [3.63, 3.8) is 0 Å². The van der Waals surface area contributed by atoms with Gasteiger partial charge in [0, 0.05) is 11.5 Å². The zero-order chi connectivity index (χ0) is 9.68. The number of pyridine rings is 1. The molecule has 0 bridgehead atoms. The Balaban J connectivity index is 2.82. The van der Waals surface area contributed by atoms with Crippen LogP contribution in [0.25, 0.3) is 5.57 Å². The second-order valence-electron chi connectivity index (χ2n) is 2.76. The molecule has 0 N–H and O–H groups in total. The van der Waals surface area contributed by atoms with Crippen molar-refractivity contribution in [3.05, 3.63) is 35.9 Å². The highest BCUT2D eigenvalue weighted by atomic mass is 79.9. The average Bonchev–Trinajstić information content (AvgIpc) is 2.14. The molecule has 0 saturated carbocycles. The molecule has 0 fully saturated rings. The maximum absolute atomic E-state index is 12.8. The second kappa shape index (κ2) is 5.12. The van der Waals surface area contributed by atoms with Crippen LogP contribution in [-0.4, -0.2) is 10.3 Å². The molecule has 0 aliphatic heterocycles. The van der Waals surface area contributed by atoms with Crippen LogP contribution >= 0.6 is 15.9 Å². The van der Waals surface area contributed by atoms with Gasteiger partial charge in [0.1, 0.15) is 5.82 Å². The van der Waals surface area contributed by atoms with E-state index in [1.54, 1.807) is 6.20 Å². The number of nitrogens with zero attached hydrogens (tertiary/aromatic N) is 1. The van der Waals surface area contributed by atoms with Crippen LogP contribution in [0, 0.1) is 5.82 Å². The Hall–Kier alpha value is -0.700. The maximum atomic E-state index is 12.8. The standard InChI is InChI=1S/C10H11BrFN/c1-8(3-2-4-11)9-5-10(12)7-13-6-9/h3,5-7H,2,4H2,1H3. The molecule has 0 atom stereocenters.